The largest absolute Gasteiger partial charge is 0.395 e. The van der Waals surface area contributed by atoms with Crippen LogP contribution in [-0.4, -0.2) is 18.8 Å². The lowest BCUT2D eigenvalue weighted by Crippen LogP contribution is -2.03. The van der Waals surface area contributed by atoms with E-state index in [4.69, 9.17) is 11.5 Å². The molecule has 4 rings (SSSR count). The van der Waals surface area contributed by atoms with Crippen LogP contribution in [-0.2, 0) is 0 Å². The predicted octanol–water partition coefficient (Wildman–Crippen LogP) is 4.92. The lowest BCUT2D eigenvalue weighted by atomic mass is 10.2. The topological polar surface area (TPSA) is 86.6 Å². The molecule has 4 heterocycles. The fourth-order valence-corrected chi connectivity index (χ4v) is 3.96. The Bertz CT molecular complexity index is 1200. The summed E-state index contributed by atoms with van der Waals surface area (Å²) in [6, 6.07) is 0. The summed E-state index contributed by atoms with van der Waals surface area (Å²) in [6.07, 6.45) is 0. The standard InChI is InChI=1S/2C12H17N3/c1-6-8(3)14-12-11(13)7(2)10(5)15(12)9(6)4;1-6-7(2)12-14-9(4)8(3)10(5)15(12)11(6)13/h2*13H2,1-5H3. The zero-order valence-electron chi connectivity index (χ0n) is 19.9. The number of hydrogen-bond acceptors (Lipinski definition) is 4. The molecule has 0 atom stereocenters. The Kier molecular flexibility index (Phi) is 5.31. The Balaban J connectivity index is 0.000000171. The van der Waals surface area contributed by atoms with E-state index in [-0.39, 0.29) is 0 Å². The van der Waals surface area contributed by atoms with Crippen LogP contribution in [0.1, 0.15) is 56.3 Å². The van der Waals surface area contributed by atoms with E-state index in [1.165, 1.54) is 33.8 Å². The maximum Gasteiger partial charge on any atom is 0.160 e. The SMILES string of the molecule is Cc1nc2c(C)c(C)c(N)n2c(C)c1C.Cc1nc2c(N)c(C)c(C)n2c(C)c1C. The van der Waals surface area contributed by atoms with Crippen LogP contribution in [0.25, 0.3) is 11.3 Å². The van der Waals surface area contributed by atoms with Gasteiger partial charge in [-0.3, -0.25) is 4.40 Å². The molecule has 0 aliphatic rings. The number of nitrogen functional groups attached to an aromatic ring is 2. The maximum atomic E-state index is 6.08. The number of fused-ring (bicyclic) bond motifs is 2. The van der Waals surface area contributed by atoms with Crippen molar-refractivity contribution in [2.24, 2.45) is 0 Å². The quantitative estimate of drug-likeness (QED) is 0.434. The molecule has 0 fully saturated rings. The molecule has 4 aromatic rings. The van der Waals surface area contributed by atoms with E-state index in [9.17, 15) is 0 Å². The monoisotopic (exact) mass is 406 g/mol. The van der Waals surface area contributed by atoms with Crippen molar-refractivity contribution in [2.75, 3.05) is 11.5 Å². The summed E-state index contributed by atoms with van der Waals surface area (Å²) in [4.78, 5) is 9.16. The molecule has 0 spiro atoms. The average molecular weight is 407 g/mol. The first kappa shape index (κ1) is 21.7. The van der Waals surface area contributed by atoms with Gasteiger partial charge in [-0.05, 0) is 97.1 Å². The third-order valence-electron chi connectivity index (χ3n) is 6.86. The number of aromatic nitrogens is 4. The van der Waals surface area contributed by atoms with Gasteiger partial charge in [0.2, 0.25) is 0 Å². The molecule has 0 aromatic carbocycles. The van der Waals surface area contributed by atoms with Crippen molar-refractivity contribution in [3.8, 4) is 0 Å². The lowest BCUT2D eigenvalue weighted by molar-refractivity contribution is 0.957. The minimum absolute atomic E-state index is 0.804. The van der Waals surface area contributed by atoms with Crippen molar-refractivity contribution in [2.45, 2.75) is 69.2 Å². The second-order valence-corrected chi connectivity index (χ2v) is 8.39. The molecule has 0 unspecified atom stereocenters. The third-order valence-corrected chi connectivity index (χ3v) is 6.86. The van der Waals surface area contributed by atoms with Gasteiger partial charge in [0.1, 0.15) is 11.5 Å². The minimum atomic E-state index is 0.804. The number of rotatable bonds is 0. The molecule has 0 aliphatic carbocycles. The summed E-state index contributed by atoms with van der Waals surface area (Å²) in [5.74, 6) is 0.815. The molecule has 0 bridgehead atoms. The van der Waals surface area contributed by atoms with Gasteiger partial charge in [-0.2, -0.15) is 0 Å². The van der Waals surface area contributed by atoms with E-state index in [0.717, 1.165) is 45.3 Å². The van der Waals surface area contributed by atoms with Crippen molar-refractivity contribution in [3.63, 3.8) is 0 Å². The Morgan fingerprint density at radius 2 is 0.933 bits per heavy atom. The zero-order chi connectivity index (χ0) is 22.7. The minimum Gasteiger partial charge on any atom is -0.395 e. The van der Waals surface area contributed by atoms with E-state index < -0.39 is 0 Å². The summed E-state index contributed by atoms with van der Waals surface area (Å²) < 4.78 is 4.19. The van der Waals surface area contributed by atoms with Crippen LogP contribution < -0.4 is 11.5 Å². The van der Waals surface area contributed by atoms with Gasteiger partial charge in [-0.25, -0.2) is 9.97 Å². The van der Waals surface area contributed by atoms with Crippen LogP contribution in [0.3, 0.4) is 0 Å². The van der Waals surface area contributed by atoms with E-state index in [0.29, 0.717) is 0 Å². The molecule has 0 saturated carbocycles. The zero-order valence-corrected chi connectivity index (χ0v) is 19.9. The van der Waals surface area contributed by atoms with Crippen LogP contribution in [0.4, 0.5) is 11.5 Å². The van der Waals surface area contributed by atoms with Gasteiger partial charge >= 0.3 is 0 Å². The fraction of sp³-hybridized carbons (Fsp3) is 0.417. The Labute approximate surface area is 178 Å². The van der Waals surface area contributed by atoms with Gasteiger partial charge in [0.25, 0.3) is 0 Å². The first-order chi connectivity index (χ1) is 13.9. The highest BCUT2D eigenvalue weighted by atomic mass is 15.1. The molecule has 6 heteroatoms. The molecular weight excluding hydrogens is 372 g/mol. The molecule has 0 amide bonds. The van der Waals surface area contributed by atoms with Crippen LogP contribution in [0.2, 0.25) is 0 Å². The van der Waals surface area contributed by atoms with Gasteiger partial charge in [0.05, 0.1) is 5.69 Å². The summed E-state index contributed by atoms with van der Waals surface area (Å²) in [5.41, 5.74) is 26.5. The average Bonchev–Trinajstić information content (AvgIpc) is 3.05. The highest BCUT2D eigenvalue weighted by molar-refractivity contribution is 5.73. The molecule has 160 valence electrons. The van der Waals surface area contributed by atoms with E-state index in [2.05, 4.69) is 55.9 Å². The fourth-order valence-electron chi connectivity index (χ4n) is 3.96. The van der Waals surface area contributed by atoms with Crippen molar-refractivity contribution >= 4 is 22.8 Å². The molecule has 0 saturated heterocycles. The third kappa shape index (κ3) is 3.02. The normalized spacial score (nSPS) is 11.3. The van der Waals surface area contributed by atoms with Gasteiger partial charge in [0, 0.05) is 28.5 Å². The Hall–Kier alpha value is -3.02. The van der Waals surface area contributed by atoms with Crippen LogP contribution >= 0.6 is 0 Å². The molecular formula is C24H34N6. The second kappa shape index (κ2) is 7.35. The second-order valence-electron chi connectivity index (χ2n) is 8.39. The molecule has 0 radical (unpaired) electrons. The summed E-state index contributed by atoms with van der Waals surface area (Å²) in [7, 11) is 0. The molecule has 4 aromatic heterocycles. The number of nitrogens with two attached hydrogens (primary N) is 2. The van der Waals surface area contributed by atoms with Crippen LogP contribution in [0.5, 0.6) is 0 Å². The maximum absolute atomic E-state index is 6.08. The molecule has 0 aliphatic heterocycles. The van der Waals surface area contributed by atoms with Gasteiger partial charge in [-0.15, -0.1) is 0 Å². The van der Waals surface area contributed by atoms with Gasteiger partial charge in [-0.1, -0.05) is 0 Å². The summed E-state index contributed by atoms with van der Waals surface area (Å²) in [5, 5.41) is 0. The van der Waals surface area contributed by atoms with E-state index in [1.807, 2.05) is 32.1 Å². The highest BCUT2D eigenvalue weighted by Gasteiger charge is 2.15. The molecule has 4 N–H and O–H groups in total. The van der Waals surface area contributed by atoms with Crippen LogP contribution in [0, 0.1) is 69.2 Å². The Morgan fingerprint density at radius 3 is 1.47 bits per heavy atom. The Morgan fingerprint density at radius 1 is 0.500 bits per heavy atom. The van der Waals surface area contributed by atoms with E-state index >= 15 is 0 Å². The van der Waals surface area contributed by atoms with Crippen molar-refractivity contribution in [3.05, 3.63) is 56.3 Å². The highest BCUT2D eigenvalue weighted by Crippen LogP contribution is 2.27. The van der Waals surface area contributed by atoms with Crippen molar-refractivity contribution < 1.29 is 0 Å². The predicted molar refractivity (Wildman–Crippen MR) is 127 cm³/mol. The van der Waals surface area contributed by atoms with Gasteiger partial charge in [0.15, 0.2) is 5.65 Å². The van der Waals surface area contributed by atoms with Crippen molar-refractivity contribution in [1.82, 2.24) is 18.8 Å². The first-order valence-corrected chi connectivity index (χ1v) is 10.3. The molecule has 6 nitrogen and oxygen atoms in total. The van der Waals surface area contributed by atoms with E-state index in [1.54, 1.807) is 0 Å². The molecule has 30 heavy (non-hydrogen) atoms. The number of hydrogen-bond donors (Lipinski definition) is 2. The van der Waals surface area contributed by atoms with Crippen molar-refractivity contribution in [1.29, 1.82) is 0 Å². The summed E-state index contributed by atoms with van der Waals surface area (Å²) in [6.45, 7) is 20.7. The van der Waals surface area contributed by atoms with Crippen LogP contribution in [0.15, 0.2) is 0 Å². The lowest BCUT2D eigenvalue weighted by Gasteiger charge is -2.09. The smallest absolute Gasteiger partial charge is 0.160 e. The van der Waals surface area contributed by atoms with Gasteiger partial charge < -0.3 is 15.9 Å². The number of nitrogens with zero attached hydrogens (tertiary/aromatic N) is 4. The number of aryl methyl sites for hydroxylation is 6. The number of anilines is 2. The summed E-state index contributed by atoms with van der Waals surface area (Å²) >= 11 is 0. The first-order valence-electron chi connectivity index (χ1n) is 10.3.